The van der Waals surface area contributed by atoms with Crippen LogP contribution >= 0.6 is 27.3 Å². The second kappa shape index (κ2) is 5.29. The molecule has 0 radical (unpaired) electrons. The summed E-state index contributed by atoms with van der Waals surface area (Å²) in [6.45, 7) is 2.92. The van der Waals surface area contributed by atoms with E-state index in [4.69, 9.17) is 5.73 Å². The molecule has 1 aromatic rings. The number of hydrogen-bond donors (Lipinski definition) is 1. The van der Waals surface area contributed by atoms with Crippen molar-refractivity contribution in [3.05, 3.63) is 20.8 Å². The van der Waals surface area contributed by atoms with Crippen molar-refractivity contribution in [2.75, 3.05) is 13.1 Å². The van der Waals surface area contributed by atoms with Gasteiger partial charge in [0.1, 0.15) is 0 Å². The summed E-state index contributed by atoms with van der Waals surface area (Å²) in [5.74, 6) is -0.0556. The number of rotatable bonds is 3. The van der Waals surface area contributed by atoms with Crippen LogP contribution in [-0.2, 0) is 11.3 Å². The van der Waals surface area contributed by atoms with Gasteiger partial charge in [0.2, 0.25) is 5.91 Å². The molecule has 1 aromatic heterocycles. The lowest BCUT2D eigenvalue weighted by Crippen LogP contribution is -2.38. The van der Waals surface area contributed by atoms with E-state index < -0.39 is 0 Å². The Hall–Kier alpha value is -0.390. The first kappa shape index (κ1) is 12.1. The Labute approximate surface area is 108 Å². The minimum absolute atomic E-state index is 0.0861. The first-order valence-electron chi connectivity index (χ1n) is 5.40. The summed E-state index contributed by atoms with van der Waals surface area (Å²) in [5.41, 5.74) is 5.31. The van der Waals surface area contributed by atoms with Crippen molar-refractivity contribution >= 4 is 33.2 Å². The molecule has 2 rings (SSSR count). The van der Waals surface area contributed by atoms with Gasteiger partial charge in [-0.3, -0.25) is 9.69 Å². The number of piperidine rings is 1. The van der Waals surface area contributed by atoms with Gasteiger partial charge in [0.05, 0.1) is 0 Å². The molecule has 0 saturated carbocycles. The van der Waals surface area contributed by atoms with E-state index in [-0.39, 0.29) is 11.8 Å². The summed E-state index contributed by atoms with van der Waals surface area (Å²) in [4.78, 5) is 14.8. The highest BCUT2D eigenvalue weighted by atomic mass is 79.9. The van der Waals surface area contributed by atoms with Crippen LogP contribution in [-0.4, -0.2) is 23.9 Å². The van der Waals surface area contributed by atoms with Gasteiger partial charge in [0, 0.05) is 21.8 Å². The number of thiophene rings is 1. The van der Waals surface area contributed by atoms with E-state index in [0.29, 0.717) is 0 Å². The molecule has 1 aliphatic rings. The van der Waals surface area contributed by atoms with E-state index in [0.717, 1.165) is 32.5 Å². The Morgan fingerprint density at radius 3 is 2.75 bits per heavy atom. The molecule has 1 amide bonds. The topological polar surface area (TPSA) is 46.3 Å². The summed E-state index contributed by atoms with van der Waals surface area (Å²) in [6, 6.07) is 2.08. The highest BCUT2D eigenvalue weighted by Gasteiger charge is 2.23. The first-order valence-corrected chi connectivity index (χ1v) is 7.07. The van der Waals surface area contributed by atoms with Gasteiger partial charge in [-0.15, -0.1) is 11.3 Å². The van der Waals surface area contributed by atoms with E-state index in [9.17, 15) is 4.79 Å². The van der Waals surface area contributed by atoms with Gasteiger partial charge in [-0.05, 0) is 53.3 Å². The number of hydrogen-bond acceptors (Lipinski definition) is 3. The average molecular weight is 303 g/mol. The van der Waals surface area contributed by atoms with Gasteiger partial charge in [-0.25, -0.2) is 0 Å². The molecule has 5 heteroatoms. The predicted octanol–water partition coefficient (Wildman–Crippen LogP) is 2.21. The van der Waals surface area contributed by atoms with Crippen molar-refractivity contribution in [2.45, 2.75) is 19.4 Å². The molecule has 0 aliphatic carbocycles. The van der Waals surface area contributed by atoms with Crippen molar-refractivity contribution in [3.8, 4) is 0 Å². The fraction of sp³-hybridized carbons (Fsp3) is 0.545. The second-order valence-electron chi connectivity index (χ2n) is 4.14. The monoisotopic (exact) mass is 302 g/mol. The Kier molecular flexibility index (Phi) is 4.00. The Morgan fingerprint density at radius 2 is 2.25 bits per heavy atom. The van der Waals surface area contributed by atoms with Crippen molar-refractivity contribution < 1.29 is 4.79 Å². The lowest BCUT2D eigenvalue weighted by atomic mass is 9.96. The minimum atomic E-state index is -0.142. The number of likely N-dealkylation sites (tertiary alicyclic amines) is 1. The lowest BCUT2D eigenvalue weighted by molar-refractivity contribution is -0.123. The fourth-order valence-electron chi connectivity index (χ4n) is 2.02. The molecule has 1 fully saturated rings. The molecule has 2 heterocycles. The van der Waals surface area contributed by atoms with Crippen LogP contribution in [0.1, 0.15) is 17.7 Å². The van der Waals surface area contributed by atoms with E-state index in [1.165, 1.54) is 9.35 Å². The number of carbonyl (C=O) groups is 1. The van der Waals surface area contributed by atoms with Crippen LogP contribution < -0.4 is 5.73 Å². The van der Waals surface area contributed by atoms with Gasteiger partial charge in [-0.2, -0.15) is 0 Å². The van der Waals surface area contributed by atoms with Crippen LogP contribution in [0.4, 0.5) is 0 Å². The average Bonchev–Trinajstić information content (AvgIpc) is 2.65. The molecule has 16 heavy (non-hydrogen) atoms. The lowest BCUT2D eigenvalue weighted by Gasteiger charge is -2.30. The third-order valence-corrected chi connectivity index (χ3v) is 4.96. The third-order valence-electron chi connectivity index (χ3n) is 3.05. The summed E-state index contributed by atoms with van der Waals surface area (Å²) in [6.07, 6.45) is 1.80. The molecule has 0 spiro atoms. The van der Waals surface area contributed by atoms with Crippen molar-refractivity contribution in [1.29, 1.82) is 0 Å². The molecule has 0 atom stereocenters. The number of amides is 1. The SMILES string of the molecule is NC(=O)C1CCN(Cc2sccc2Br)CC1. The Bertz CT molecular complexity index is 372. The zero-order valence-electron chi connectivity index (χ0n) is 8.99. The van der Waals surface area contributed by atoms with Crippen LogP contribution in [0.25, 0.3) is 0 Å². The molecular formula is C11H15BrN2OS. The van der Waals surface area contributed by atoms with E-state index in [2.05, 4.69) is 32.3 Å². The molecule has 0 unspecified atom stereocenters. The van der Waals surface area contributed by atoms with Crippen molar-refractivity contribution in [3.63, 3.8) is 0 Å². The fourth-order valence-corrected chi connectivity index (χ4v) is 3.54. The molecule has 2 N–H and O–H groups in total. The zero-order valence-corrected chi connectivity index (χ0v) is 11.4. The number of nitrogens with zero attached hydrogens (tertiary/aromatic N) is 1. The number of halogens is 1. The summed E-state index contributed by atoms with van der Waals surface area (Å²) < 4.78 is 1.19. The largest absolute Gasteiger partial charge is 0.369 e. The standard InChI is InChI=1S/C11H15BrN2OS/c12-9-3-6-16-10(9)7-14-4-1-8(2-5-14)11(13)15/h3,6,8H,1-2,4-5,7H2,(H2,13,15). The maximum atomic E-state index is 11.0. The highest BCUT2D eigenvalue weighted by Crippen LogP contribution is 2.26. The second-order valence-corrected chi connectivity index (χ2v) is 6.00. The highest BCUT2D eigenvalue weighted by molar-refractivity contribution is 9.10. The zero-order chi connectivity index (χ0) is 11.5. The minimum Gasteiger partial charge on any atom is -0.369 e. The maximum Gasteiger partial charge on any atom is 0.220 e. The van der Waals surface area contributed by atoms with Crippen molar-refractivity contribution in [2.24, 2.45) is 11.7 Å². The van der Waals surface area contributed by atoms with E-state index >= 15 is 0 Å². The summed E-state index contributed by atoms with van der Waals surface area (Å²) in [7, 11) is 0. The molecule has 3 nitrogen and oxygen atoms in total. The molecule has 88 valence electrons. The first-order chi connectivity index (χ1) is 7.66. The van der Waals surface area contributed by atoms with Crippen LogP contribution in [0.5, 0.6) is 0 Å². The Morgan fingerprint density at radius 1 is 1.56 bits per heavy atom. The quantitative estimate of drug-likeness (QED) is 0.930. The van der Waals surface area contributed by atoms with Gasteiger partial charge < -0.3 is 5.73 Å². The smallest absolute Gasteiger partial charge is 0.220 e. The third kappa shape index (κ3) is 2.84. The summed E-state index contributed by atoms with van der Waals surface area (Å²) >= 11 is 5.31. The van der Waals surface area contributed by atoms with Gasteiger partial charge in [0.15, 0.2) is 0 Å². The molecule has 1 aliphatic heterocycles. The molecule has 0 aromatic carbocycles. The van der Waals surface area contributed by atoms with Gasteiger partial charge >= 0.3 is 0 Å². The van der Waals surface area contributed by atoms with E-state index in [1.807, 2.05) is 0 Å². The predicted molar refractivity (Wildman–Crippen MR) is 69.2 cm³/mol. The molecular weight excluding hydrogens is 288 g/mol. The Balaban J connectivity index is 1.86. The van der Waals surface area contributed by atoms with E-state index in [1.54, 1.807) is 11.3 Å². The number of primary amides is 1. The number of nitrogens with two attached hydrogens (primary N) is 1. The van der Waals surface area contributed by atoms with Crippen LogP contribution in [0.3, 0.4) is 0 Å². The maximum absolute atomic E-state index is 11.0. The summed E-state index contributed by atoms with van der Waals surface area (Å²) in [5, 5.41) is 2.09. The van der Waals surface area contributed by atoms with Gasteiger partial charge in [0.25, 0.3) is 0 Å². The van der Waals surface area contributed by atoms with Crippen LogP contribution in [0.2, 0.25) is 0 Å². The normalized spacial score (nSPS) is 18.8. The molecule has 1 saturated heterocycles. The van der Waals surface area contributed by atoms with Crippen LogP contribution in [0, 0.1) is 5.92 Å². The number of carbonyl (C=O) groups excluding carboxylic acids is 1. The van der Waals surface area contributed by atoms with Gasteiger partial charge in [-0.1, -0.05) is 0 Å². The molecule has 0 bridgehead atoms. The van der Waals surface area contributed by atoms with Crippen LogP contribution in [0.15, 0.2) is 15.9 Å². The van der Waals surface area contributed by atoms with Crippen molar-refractivity contribution in [1.82, 2.24) is 4.90 Å².